The summed E-state index contributed by atoms with van der Waals surface area (Å²) >= 11 is 0. The van der Waals surface area contributed by atoms with E-state index in [0.29, 0.717) is 44.2 Å². The van der Waals surface area contributed by atoms with E-state index in [0.717, 1.165) is 29.2 Å². The third-order valence-corrected chi connectivity index (χ3v) is 6.28. The van der Waals surface area contributed by atoms with E-state index in [1.165, 1.54) is 4.90 Å². The van der Waals surface area contributed by atoms with Crippen LogP contribution < -0.4 is 0 Å². The molecule has 0 radical (unpaired) electrons. The third-order valence-electron chi connectivity index (χ3n) is 6.28. The van der Waals surface area contributed by atoms with Gasteiger partial charge in [-0.3, -0.25) is 4.90 Å². The summed E-state index contributed by atoms with van der Waals surface area (Å²) in [7, 11) is 0. The molecule has 2 heterocycles. The normalized spacial score (nSPS) is 16.4. The molecule has 4 rings (SSSR count). The number of benzene rings is 2. The minimum Gasteiger partial charge on any atom is -0.444 e. The van der Waals surface area contributed by atoms with Crippen molar-refractivity contribution < 1.29 is 27.1 Å². The number of halogens is 4. The number of H-pyrrole nitrogens is 1. The molecule has 1 fully saturated rings. The first-order chi connectivity index (χ1) is 17.6. The molecule has 1 aromatic heterocycles. The number of carbonyl (C=O) groups excluding carboxylic acids is 1. The number of alkyl halides is 3. The number of rotatable bonds is 6. The topological polar surface area (TPSA) is 85.2 Å². The van der Waals surface area contributed by atoms with Crippen molar-refractivity contribution in [2.24, 2.45) is 0 Å². The van der Waals surface area contributed by atoms with Gasteiger partial charge in [0.1, 0.15) is 18.2 Å². The van der Waals surface area contributed by atoms with Gasteiger partial charge in [0.25, 0.3) is 0 Å². The molecule has 0 saturated carbocycles. The van der Waals surface area contributed by atoms with Crippen LogP contribution in [0, 0.1) is 24.1 Å². The van der Waals surface area contributed by atoms with Gasteiger partial charge in [-0.2, -0.15) is 18.4 Å². The van der Waals surface area contributed by atoms with Gasteiger partial charge in [0, 0.05) is 49.7 Å². The van der Waals surface area contributed by atoms with Crippen LogP contribution in [-0.2, 0) is 30.5 Å². The highest BCUT2D eigenvalue weighted by molar-refractivity contribution is 5.68. The number of imidazole rings is 1. The third kappa shape index (κ3) is 6.46. The van der Waals surface area contributed by atoms with Gasteiger partial charge in [0.2, 0.25) is 0 Å². The number of nitriles is 1. The summed E-state index contributed by atoms with van der Waals surface area (Å²) in [4.78, 5) is 23.9. The summed E-state index contributed by atoms with van der Waals surface area (Å²) in [5.41, 5.74) is 0.718. The van der Waals surface area contributed by atoms with E-state index in [4.69, 9.17) is 10.00 Å². The van der Waals surface area contributed by atoms with Crippen LogP contribution in [0.2, 0.25) is 0 Å². The van der Waals surface area contributed by atoms with Crippen molar-refractivity contribution in [2.45, 2.75) is 38.7 Å². The van der Waals surface area contributed by atoms with Crippen LogP contribution in [0.15, 0.2) is 48.7 Å². The molecule has 1 saturated heterocycles. The molecular weight excluding hydrogens is 490 g/mol. The van der Waals surface area contributed by atoms with Crippen LogP contribution in [0.4, 0.5) is 22.4 Å². The number of hydrogen-bond donors (Lipinski definition) is 1. The molecular formula is C26H25F4N5O2. The van der Waals surface area contributed by atoms with Gasteiger partial charge in [-0.25, -0.2) is 14.2 Å². The highest BCUT2D eigenvalue weighted by Crippen LogP contribution is 2.32. The monoisotopic (exact) mass is 515 g/mol. The molecule has 2 aromatic carbocycles. The lowest BCUT2D eigenvalue weighted by molar-refractivity contribution is -0.140. The zero-order valence-corrected chi connectivity index (χ0v) is 20.1. The van der Waals surface area contributed by atoms with Crippen LogP contribution in [0.3, 0.4) is 0 Å². The number of ether oxygens (including phenoxy) is 1. The van der Waals surface area contributed by atoms with Gasteiger partial charge in [0.15, 0.2) is 0 Å². The Kier molecular flexibility index (Phi) is 7.78. The summed E-state index contributed by atoms with van der Waals surface area (Å²) in [6.45, 7) is 2.99. The Morgan fingerprint density at radius 1 is 1.22 bits per heavy atom. The Hall–Kier alpha value is -3.91. The maximum Gasteiger partial charge on any atom is 0.419 e. The van der Waals surface area contributed by atoms with Gasteiger partial charge in [-0.15, -0.1) is 0 Å². The zero-order chi connectivity index (χ0) is 26.6. The van der Waals surface area contributed by atoms with Crippen LogP contribution in [0.1, 0.15) is 33.8 Å². The Labute approximate surface area is 211 Å². The molecule has 1 N–H and O–H groups in total. The Morgan fingerprint density at radius 3 is 2.62 bits per heavy atom. The van der Waals surface area contributed by atoms with Gasteiger partial charge in [0.05, 0.1) is 17.2 Å². The number of piperazine rings is 1. The molecule has 7 nitrogen and oxygen atoms in total. The van der Waals surface area contributed by atoms with E-state index in [2.05, 4.69) is 20.9 Å². The molecule has 194 valence electrons. The minimum absolute atomic E-state index is 0.108. The molecule has 1 amide bonds. The van der Waals surface area contributed by atoms with Crippen molar-refractivity contribution in [3.63, 3.8) is 0 Å². The Morgan fingerprint density at radius 2 is 1.97 bits per heavy atom. The maximum atomic E-state index is 14.3. The number of aromatic nitrogens is 2. The second-order valence-electron chi connectivity index (χ2n) is 8.91. The van der Waals surface area contributed by atoms with E-state index in [1.54, 1.807) is 18.3 Å². The van der Waals surface area contributed by atoms with Crippen molar-refractivity contribution in [2.75, 3.05) is 19.6 Å². The molecule has 3 aromatic rings. The predicted molar refractivity (Wildman–Crippen MR) is 126 cm³/mol. The lowest BCUT2D eigenvalue weighted by atomic mass is 10.0. The first kappa shape index (κ1) is 26.2. The summed E-state index contributed by atoms with van der Waals surface area (Å²) in [6.07, 6.45) is -3.21. The number of aryl methyl sites for hydroxylation is 1. The predicted octanol–water partition coefficient (Wildman–Crippen LogP) is 4.81. The highest BCUT2D eigenvalue weighted by Gasteiger charge is 2.35. The van der Waals surface area contributed by atoms with E-state index < -0.39 is 30.3 Å². The van der Waals surface area contributed by atoms with Crippen molar-refractivity contribution in [1.82, 2.24) is 19.8 Å². The van der Waals surface area contributed by atoms with Crippen molar-refractivity contribution in [3.8, 4) is 6.07 Å². The molecule has 0 spiro atoms. The summed E-state index contributed by atoms with van der Waals surface area (Å²) in [5, 5.41) is 9.05. The summed E-state index contributed by atoms with van der Waals surface area (Å²) in [5.74, 6) is -0.649. The zero-order valence-electron chi connectivity index (χ0n) is 20.1. The molecule has 1 atom stereocenters. The number of nitrogens with zero attached hydrogens (tertiary/aromatic N) is 4. The van der Waals surface area contributed by atoms with Gasteiger partial charge < -0.3 is 14.6 Å². The second kappa shape index (κ2) is 11.0. The molecule has 0 bridgehead atoms. The first-order valence-electron chi connectivity index (χ1n) is 11.6. The van der Waals surface area contributed by atoms with Crippen molar-refractivity contribution in [3.05, 3.63) is 88.3 Å². The average molecular weight is 516 g/mol. The number of hydrogen-bond acceptors (Lipinski definition) is 5. The average Bonchev–Trinajstić information content (AvgIpc) is 3.28. The minimum atomic E-state index is -4.84. The fourth-order valence-corrected chi connectivity index (χ4v) is 4.36. The quantitative estimate of drug-likeness (QED) is 0.476. The number of amides is 1. The molecule has 11 heteroatoms. The van der Waals surface area contributed by atoms with Crippen molar-refractivity contribution in [1.29, 1.82) is 5.26 Å². The van der Waals surface area contributed by atoms with Crippen LogP contribution in [-0.4, -0.2) is 51.5 Å². The Bertz CT molecular complexity index is 1280. The molecule has 1 aliphatic heterocycles. The fourth-order valence-electron chi connectivity index (χ4n) is 4.36. The largest absolute Gasteiger partial charge is 0.444 e. The first-order valence-corrected chi connectivity index (χ1v) is 11.6. The molecule has 1 unspecified atom stereocenters. The van der Waals surface area contributed by atoms with Crippen LogP contribution >= 0.6 is 0 Å². The molecule has 1 aliphatic rings. The van der Waals surface area contributed by atoms with Crippen LogP contribution in [0.5, 0.6) is 0 Å². The van der Waals surface area contributed by atoms with Crippen LogP contribution in [0.25, 0.3) is 0 Å². The lowest BCUT2D eigenvalue weighted by Gasteiger charge is -2.41. The number of carbonyl (C=O) groups is 1. The van der Waals surface area contributed by atoms with Crippen molar-refractivity contribution >= 4 is 6.09 Å². The number of aromatic amines is 1. The van der Waals surface area contributed by atoms with Gasteiger partial charge in [-0.1, -0.05) is 24.3 Å². The van der Waals surface area contributed by atoms with E-state index >= 15 is 0 Å². The smallest absolute Gasteiger partial charge is 0.419 e. The SMILES string of the molecule is Cc1ncc(CN2CCN(C(=O)OCc3cccc(C(F)(F)F)c3F)CC2Cc2ccc(C#N)cc2)[nH]1. The Balaban J connectivity index is 1.45. The lowest BCUT2D eigenvalue weighted by Crippen LogP contribution is -2.55. The van der Waals surface area contributed by atoms with E-state index in [-0.39, 0.29) is 11.6 Å². The van der Waals surface area contributed by atoms with E-state index in [1.807, 2.05) is 19.1 Å². The van der Waals surface area contributed by atoms with Gasteiger partial charge >= 0.3 is 12.3 Å². The maximum absolute atomic E-state index is 14.3. The molecule has 37 heavy (non-hydrogen) atoms. The summed E-state index contributed by atoms with van der Waals surface area (Å²) < 4.78 is 58.5. The molecule has 0 aliphatic carbocycles. The second-order valence-corrected chi connectivity index (χ2v) is 8.91. The standard InChI is InChI=1S/C26H25F4N5O2/c1-17-32-13-21(33-17)14-34-9-10-35(15-22(34)11-18-5-7-19(12-31)8-6-18)25(36)37-16-20-3-2-4-23(24(20)27)26(28,29)30/h2-8,13,22H,9-11,14-16H2,1H3,(H,32,33). The fraction of sp³-hybridized carbons (Fsp3) is 0.346. The highest BCUT2D eigenvalue weighted by atomic mass is 19.4. The summed E-state index contributed by atoms with van der Waals surface area (Å²) in [6, 6.07) is 12.1. The van der Waals surface area contributed by atoms with E-state index in [9.17, 15) is 22.4 Å². The van der Waals surface area contributed by atoms with Gasteiger partial charge in [-0.05, 0) is 37.1 Å². The number of nitrogens with one attached hydrogen (secondary N) is 1.